The number of hydrogen-bond donors (Lipinski definition) is 1. The first kappa shape index (κ1) is 36.8. The average molecular weight is 518 g/mol. The van der Waals surface area contributed by atoms with Crippen molar-refractivity contribution < 1.29 is 99.6 Å². The molecule has 1 N–H and O–H groups in total. The van der Waals surface area contributed by atoms with Gasteiger partial charge in [0.2, 0.25) is 5.16 Å². The molecule has 0 aliphatic rings. The van der Waals surface area contributed by atoms with Crippen molar-refractivity contribution in [2.75, 3.05) is 0 Å². The van der Waals surface area contributed by atoms with E-state index in [0.29, 0.717) is 0 Å². The quantitative estimate of drug-likeness (QED) is 0.0866. The molecular weight excluding hydrogens is 516 g/mol. The third-order valence-corrected chi connectivity index (χ3v) is 3.72. The second-order valence-corrected chi connectivity index (χ2v) is 6.94. The Bertz CT molecular complexity index is 843. The van der Waals surface area contributed by atoms with E-state index in [1.807, 2.05) is 0 Å². The van der Waals surface area contributed by atoms with E-state index >= 15 is 0 Å². The molecule has 26 heteroatoms. The first-order valence-electron chi connectivity index (χ1n) is 5.01. The van der Waals surface area contributed by atoms with Gasteiger partial charge < -0.3 is 19.9 Å². The zero-order valence-electron chi connectivity index (χ0n) is 13.9. The van der Waals surface area contributed by atoms with E-state index in [1.165, 1.54) is 0 Å². The van der Waals surface area contributed by atoms with Gasteiger partial charge in [-0.1, -0.05) is 7.77 Å². The molecule has 0 fully saturated rings. The molecule has 0 atom stereocenters. The monoisotopic (exact) mass is 518 g/mol. The fourth-order valence-electron chi connectivity index (χ4n) is 0.816. The van der Waals surface area contributed by atoms with Crippen LogP contribution in [0.1, 0.15) is 0 Å². The number of H-pyrrole nitrogens is 1. The van der Waals surface area contributed by atoms with Gasteiger partial charge in [-0.05, 0) is 19.2 Å². The number of aromatic nitrogens is 6. The molecule has 0 saturated heterocycles. The van der Waals surface area contributed by atoms with Crippen LogP contribution in [0.5, 0.6) is 0 Å². The standard InChI is InChI=1S/C2HF2N3O4S2.C2F2N3O4S2.2FH.2Li/c2*3-10-11-12-1-5-2(7-6-1)13(4,8)9;;;;/h(H,5,6,7);;2*1H;;/q;-1;;;2*+1/p-1. The van der Waals surface area contributed by atoms with E-state index in [1.54, 1.807) is 5.10 Å². The van der Waals surface area contributed by atoms with Crippen LogP contribution in [0.3, 0.4) is 0 Å². The Morgan fingerprint density at radius 1 is 0.933 bits per heavy atom. The molecule has 0 saturated carbocycles. The molecule has 2 rings (SSSR count). The zero-order valence-corrected chi connectivity index (χ0v) is 17.2. The smallest absolute Gasteiger partial charge is 1.00 e. The van der Waals surface area contributed by atoms with Crippen LogP contribution in [0.15, 0.2) is 20.6 Å². The number of aromatic amines is 1. The maximum Gasteiger partial charge on any atom is 1.00 e. The summed E-state index contributed by atoms with van der Waals surface area (Å²) in [6.45, 7) is 0. The fraction of sp³-hybridized carbons (Fsp3) is 0. The number of halogens is 6. The summed E-state index contributed by atoms with van der Waals surface area (Å²) in [6.07, 6.45) is 0. The largest absolute Gasteiger partial charge is 1.00 e. The SMILES string of the molecule is F.O=S(=O)(F)c1nc(SOOF)n[nH]1.O=S(=O)(F)c1nnc(SOOF)[n-]1.[F-].[Li+].[Li+]. The molecular formula is C4H2F6Li2N6O8S4. The summed E-state index contributed by atoms with van der Waals surface area (Å²) in [5.41, 5.74) is 0. The summed E-state index contributed by atoms with van der Waals surface area (Å²) in [7, 11) is -9.93. The third-order valence-electron chi connectivity index (χ3n) is 1.57. The normalized spacial score (nSPS) is 10.3. The van der Waals surface area contributed by atoms with Gasteiger partial charge in [-0.25, -0.2) is 5.10 Å². The Morgan fingerprint density at radius 3 is 1.87 bits per heavy atom. The van der Waals surface area contributed by atoms with Crippen molar-refractivity contribution in [1.82, 2.24) is 30.4 Å². The molecule has 14 nitrogen and oxygen atoms in total. The molecule has 0 aliphatic heterocycles. The van der Waals surface area contributed by atoms with Crippen LogP contribution in [-0.4, -0.2) is 42.2 Å². The Morgan fingerprint density at radius 2 is 1.47 bits per heavy atom. The Balaban J connectivity index is -0.000000199. The van der Waals surface area contributed by atoms with Crippen molar-refractivity contribution >= 4 is 44.5 Å². The van der Waals surface area contributed by atoms with E-state index in [9.17, 15) is 33.7 Å². The first-order chi connectivity index (χ1) is 12.1. The molecule has 0 spiro atoms. The van der Waals surface area contributed by atoms with Gasteiger partial charge in [0.15, 0.2) is 0 Å². The van der Waals surface area contributed by atoms with Crippen molar-refractivity contribution in [2.24, 2.45) is 0 Å². The Hall–Kier alpha value is -0.505. The molecule has 2 heterocycles. The van der Waals surface area contributed by atoms with Crippen LogP contribution in [-0.2, 0) is 39.3 Å². The molecule has 2 aromatic heterocycles. The molecule has 0 bridgehead atoms. The van der Waals surface area contributed by atoms with Crippen LogP contribution < -0.4 is 47.4 Å². The molecule has 0 aromatic carbocycles. The number of rotatable bonds is 8. The number of nitrogens with zero attached hydrogens (tertiary/aromatic N) is 5. The molecule has 0 radical (unpaired) electrons. The van der Waals surface area contributed by atoms with Crippen LogP contribution in [0.2, 0.25) is 0 Å². The van der Waals surface area contributed by atoms with Gasteiger partial charge >= 0.3 is 58.2 Å². The molecule has 164 valence electrons. The van der Waals surface area contributed by atoms with E-state index in [0.717, 1.165) is 0 Å². The predicted octanol–water partition coefficient (Wildman–Crippen LogP) is -8.60. The van der Waals surface area contributed by atoms with Gasteiger partial charge in [-0.15, -0.1) is 13.8 Å². The minimum atomic E-state index is -5.00. The van der Waals surface area contributed by atoms with E-state index in [2.05, 4.69) is 44.1 Å². The van der Waals surface area contributed by atoms with Gasteiger partial charge in [0.25, 0.3) is 5.16 Å². The molecule has 0 amide bonds. The molecule has 2 aromatic rings. The summed E-state index contributed by atoms with van der Waals surface area (Å²) < 4.78 is 93.9. The van der Waals surface area contributed by atoms with Gasteiger partial charge in [0.1, 0.15) is 17.2 Å². The summed E-state index contributed by atoms with van der Waals surface area (Å²) in [5.74, 6) is 0. The van der Waals surface area contributed by atoms with Crippen molar-refractivity contribution in [3.63, 3.8) is 0 Å². The minimum absolute atomic E-state index is 0. The van der Waals surface area contributed by atoms with Crippen LogP contribution in [0.25, 0.3) is 0 Å². The maximum absolute atomic E-state index is 12.1. The minimum Gasteiger partial charge on any atom is -1.00 e. The van der Waals surface area contributed by atoms with Crippen LogP contribution in [0, 0.1) is 0 Å². The third kappa shape index (κ3) is 13.7. The van der Waals surface area contributed by atoms with Crippen molar-refractivity contribution in [2.45, 2.75) is 20.6 Å². The summed E-state index contributed by atoms with van der Waals surface area (Å²) >= 11 is 0.320. The molecule has 0 aliphatic carbocycles. The second kappa shape index (κ2) is 17.1. The molecule has 0 unspecified atom stereocenters. The molecule has 30 heavy (non-hydrogen) atoms. The van der Waals surface area contributed by atoms with Gasteiger partial charge in [-0.3, -0.25) is 4.70 Å². The Labute approximate surface area is 194 Å². The van der Waals surface area contributed by atoms with Crippen LogP contribution in [0.4, 0.5) is 21.5 Å². The van der Waals surface area contributed by atoms with Crippen LogP contribution >= 0.6 is 24.1 Å². The van der Waals surface area contributed by atoms with Gasteiger partial charge in [-0.2, -0.15) is 21.8 Å². The zero-order chi connectivity index (χ0) is 19.8. The fourth-order valence-corrected chi connectivity index (χ4v) is 2.20. The summed E-state index contributed by atoms with van der Waals surface area (Å²) in [6, 6.07) is 0. The van der Waals surface area contributed by atoms with Crippen molar-refractivity contribution in [3.8, 4) is 0 Å². The first-order valence-corrected chi connectivity index (χ1v) is 9.26. The predicted molar refractivity (Wildman–Crippen MR) is 69.1 cm³/mol. The van der Waals surface area contributed by atoms with Gasteiger partial charge in [0.05, 0.1) is 17.2 Å². The number of hydrogen-bond acceptors (Lipinski definition) is 14. The summed E-state index contributed by atoms with van der Waals surface area (Å²) in [5, 5.41) is 13.3. The van der Waals surface area contributed by atoms with E-state index < -0.39 is 35.9 Å². The summed E-state index contributed by atoms with van der Waals surface area (Å²) in [4.78, 5) is 6.11. The van der Waals surface area contributed by atoms with E-state index in [4.69, 9.17) is 0 Å². The van der Waals surface area contributed by atoms with Crippen molar-refractivity contribution in [3.05, 3.63) is 0 Å². The second-order valence-electron chi connectivity index (χ2n) is 3.10. The maximum atomic E-state index is 12.1. The van der Waals surface area contributed by atoms with Gasteiger partial charge in [0, 0.05) is 0 Å². The topological polar surface area (TPSA) is 187 Å². The number of nitrogens with one attached hydrogen (secondary N) is 1. The van der Waals surface area contributed by atoms with E-state index in [-0.39, 0.29) is 76.4 Å². The average Bonchev–Trinajstić information content (AvgIpc) is 3.20. The Kier molecular flexibility index (Phi) is 21.0. The van der Waals surface area contributed by atoms with Crippen molar-refractivity contribution in [1.29, 1.82) is 0 Å².